The van der Waals surface area contributed by atoms with Crippen LogP contribution < -0.4 is 11.1 Å². The van der Waals surface area contributed by atoms with E-state index in [-0.39, 0.29) is 24.4 Å². The third-order valence-corrected chi connectivity index (χ3v) is 3.44. The van der Waals surface area contributed by atoms with Crippen molar-refractivity contribution in [3.8, 4) is 0 Å². The van der Waals surface area contributed by atoms with Crippen LogP contribution >= 0.6 is 35.6 Å². The van der Waals surface area contributed by atoms with Gasteiger partial charge in [-0.15, -0.1) is 12.4 Å². The number of nitrogens with two attached hydrogens (primary N) is 1. The molecule has 1 atom stereocenters. The van der Waals surface area contributed by atoms with Gasteiger partial charge in [-0.25, -0.2) is 0 Å². The number of benzene rings is 1. The lowest BCUT2D eigenvalue weighted by Crippen LogP contribution is -2.33. The minimum atomic E-state index is -0.103. The molecule has 106 valence electrons. The molecular weight excluding hydrogens is 309 g/mol. The lowest BCUT2D eigenvalue weighted by molar-refractivity contribution is -0.117. The molecule has 1 amide bonds. The van der Waals surface area contributed by atoms with Crippen molar-refractivity contribution in [2.75, 3.05) is 25.0 Å². The van der Waals surface area contributed by atoms with Gasteiger partial charge >= 0.3 is 0 Å². The van der Waals surface area contributed by atoms with Gasteiger partial charge in [-0.1, -0.05) is 23.2 Å². The number of hydrogen-bond acceptors (Lipinski definition) is 3. The molecule has 0 bridgehead atoms. The lowest BCUT2D eigenvalue weighted by atomic mass is 10.3. The fraction of sp³-hybridized carbons (Fsp3) is 0.417. The molecule has 1 aliphatic rings. The van der Waals surface area contributed by atoms with E-state index in [2.05, 4.69) is 5.32 Å². The molecule has 1 fully saturated rings. The summed E-state index contributed by atoms with van der Waals surface area (Å²) < 4.78 is 0. The van der Waals surface area contributed by atoms with Gasteiger partial charge in [0, 0.05) is 24.2 Å². The first-order chi connectivity index (χ1) is 8.54. The molecule has 19 heavy (non-hydrogen) atoms. The van der Waals surface area contributed by atoms with E-state index in [0.29, 0.717) is 22.3 Å². The maximum atomic E-state index is 11.8. The summed E-state index contributed by atoms with van der Waals surface area (Å²) in [5.41, 5.74) is 6.32. The zero-order valence-corrected chi connectivity index (χ0v) is 12.6. The van der Waals surface area contributed by atoms with Gasteiger partial charge in [0.25, 0.3) is 0 Å². The Kier molecular flexibility index (Phi) is 6.36. The Balaban J connectivity index is 0.00000180. The predicted octanol–water partition coefficient (Wildman–Crippen LogP) is 2.39. The Labute approximate surface area is 128 Å². The highest BCUT2D eigenvalue weighted by Crippen LogP contribution is 2.25. The van der Waals surface area contributed by atoms with Crippen LogP contribution in [0.2, 0.25) is 10.0 Å². The fourth-order valence-electron chi connectivity index (χ4n) is 1.99. The molecule has 1 aromatic rings. The molecule has 1 unspecified atom stereocenters. The molecule has 7 heteroatoms. The van der Waals surface area contributed by atoms with Crippen molar-refractivity contribution < 1.29 is 4.79 Å². The van der Waals surface area contributed by atoms with E-state index in [1.54, 1.807) is 18.2 Å². The lowest BCUT2D eigenvalue weighted by Gasteiger charge is -2.15. The molecule has 0 spiro atoms. The number of carbonyl (C=O) groups is 1. The van der Waals surface area contributed by atoms with Gasteiger partial charge in [-0.3, -0.25) is 9.69 Å². The van der Waals surface area contributed by atoms with E-state index in [1.165, 1.54) is 0 Å². The van der Waals surface area contributed by atoms with Gasteiger partial charge in [-0.05, 0) is 24.6 Å². The number of carbonyl (C=O) groups excluding carboxylic acids is 1. The summed E-state index contributed by atoms with van der Waals surface area (Å²) in [5, 5.41) is 3.77. The average Bonchev–Trinajstić information content (AvgIpc) is 2.69. The zero-order chi connectivity index (χ0) is 13.1. The standard InChI is InChI=1S/C12H15Cl2N3O.ClH/c13-8-1-2-10(14)11(5-8)16-12(18)7-17-4-3-9(15)6-17;/h1-2,5,9H,3-4,6-7,15H2,(H,16,18);1H. The number of amides is 1. The Morgan fingerprint density at radius 2 is 2.21 bits per heavy atom. The van der Waals surface area contributed by atoms with Gasteiger partial charge in [0.2, 0.25) is 5.91 Å². The first kappa shape index (κ1) is 16.5. The average molecular weight is 325 g/mol. The molecule has 0 saturated carbocycles. The van der Waals surface area contributed by atoms with Crippen LogP contribution in [0.25, 0.3) is 0 Å². The van der Waals surface area contributed by atoms with Crippen molar-refractivity contribution >= 4 is 47.2 Å². The topological polar surface area (TPSA) is 58.4 Å². The molecule has 3 N–H and O–H groups in total. The van der Waals surface area contributed by atoms with Crippen LogP contribution in [-0.4, -0.2) is 36.5 Å². The molecular formula is C12H16Cl3N3O. The molecule has 1 aliphatic heterocycles. The molecule has 4 nitrogen and oxygen atoms in total. The van der Waals surface area contributed by atoms with Crippen molar-refractivity contribution in [2.24, 2.45) is 5.73 Å². The van der Waals surface area contributed by atoms with Crippen LogP contribution in [0.1, 0.15) is 6.42 Å². The number of nitrogens with one attached hydrogen (secondary N) is 1. The highest BCUT2D eigenvalue weighted by Gasteiger charge is 2.21. The van der Waals surface area contributed by atoms with Crippen LogP contribution in [0.5, 0.6) is 0 Å². The SMILES string of the molecule is Cl.NC1CCN(CC(=O)Nc2cc(Cl)ccc2Cl)C1. The van der Waals surface area contributed by atoms with E-state index < -0.39 is 0 Å². The predicted molar refractivity (Wildman–Crippen MR) is 81.4 cm³/mol. The summed E-state index contributed by atoms with van der Waals surface area (Å²) in [6.45, 7) is 1.95. The third kappa shape index (κ3) is 4.82. The first-order valence-corrected chi connectivity index (χ1v) is 6.53. The molecule has 0 radical (unpaired) electrons. The van der Waals surface area contributed by atoms with Crippen LogP contribution in [0.3, 0.4) is 0 Å². The maximum Gasteiger partial charge on any atom is 0.238 e. The zero-order valence-electron chi connectivity index (χ0n) is 10.2. The van der Waals surface area contributed by atoms with E-state index in [1.807, 2.05) is 4.90 Å². The largest absolute Gasteiger partial charge is 0.326 e. The van der Waals surface area contributed by atoms with Gasteiger partial charge in [0.1, 0.15) is 0 Å². The van der Waals surface area contributed by atoms with Crippen LogP contribution in [0.15, 0.2) is 18.2 Å². The summed E-state index contributed by atoms with van der Waals surface area (Å²) in [6, 6.07) is 5.15. The van der Waals surface area contributed by atoms with Crippen LogP contribution in [0.4, 0.5) is 5.69 Å². The summed E-state index contributed by atoms with van der Waals surface area (Å²) in [5.74, 6) is -0.103. The molecule has 2 rings (SSSR count). The van der Waals surface area contributed by atoms with Crippen LogP contribution in [-0.2, 0) is 4.79 Å². The van der Waals surface area contributed by atoms with E-state index in [0.717, 1.165) is 19.5 Å². The number of hydrogen-bond donors (Lipinski definition) is 2. The Morgan fingerprint density at radius 3 is 2.84 bits per heavy atom. The fourth-order valence-corrected chi connectivity index (χ4v) is 2.33. The number of rotatable bonds is 3. The molecule has 1 aromatic carbocycles. The number of halogens is 3. The second kappa shape index (κ2) is 7.31. The molecule has 1 heterocycles. The summed E-state index contributed by atoms with van der Waals surface area (Å²) in [6.07, 6.45) is 0.936. The van der Waals surface area contributed by atoms with Crippen molar-refractivity contribution in [2.45, 2.75) is 12.5 Å². The van der Waals surface area contributed by atoms with Gasteiger partial charge < -0.3 is 11.1 Å². The molecule has 0 aromatic heterocycles. The van der Waals surface area contributed by atoms with Gasteiger partial charge in [0.15, 0.2) is 0 Å². The summed E-state index contributed by atoms with van der Waals surface area (Å²) in [7, 11) is 0. The summed E-state index contributed by atoms with van der Waals surface area (Å²) in [4.78, 5) is 13.9. The Morgan fingerprint density at radius 1 is 1.47 bits per heavy atom. The van der Waals surface area contributed by atoms with Crippen molar-refractivity contribution in [1.82, 2.24) is 4.90 Å². The first-order valence-electron chi connectivity index (χ1n) is 5.77. The third-order valence-electron chi connectivity index (χ3n) is 2.88. The molecule has 1 saturated heterocycles. The minimum absolute atomic E-state index is 0. The number of likely N-dealkylation sites (tertiary alicyclic amines) is 1. The van der Waals surface area contributed by atoms with Gasteiger partial charge in [0.05, 0.1) is 17.3 Å². The number of nitrogens with zero attached hydrogens (tertiary/aromatic N) is 1. The maximum absolute atomic E-state index is 11.8. The van der Waals surface area contributed by atoms with E-state index in [4.69, 9.17) is 28.9 Å². The second-order valence-electron chi connectivity index (χ2n) is 4.46. The van der Waals surface area contributed by atoms with Crippen molar-refractivity contribution in [1.29, 1.82) is 0 Å². The summed E-state index contributed by atoms with van der Waals surface area (Å²) >= 11 is 11.8. The second-order valence-corrected chi connectivity index (χ2v) is 5.30. The number of anilines is 1. The smallest absolute Gasteiger partial charge is 0.238 e. The normalized spacial score (nSPS) is 19.0. The minimum Gasteiger partial charge on any atom is -0.326 e. The monoisotopic (exact) mass is 323 g/mol. The van der Waals surface area contributed by atoms with E-state index >= 15 is 0 Å². The highest BCUT2D eigenvalue weighted by atomic mass is 35.5. The highest BCUT2D eigenvalue weighted by molar-refractivity contribution is 6.35. The van der Waals surface area contributed by atoms with E-state index in [9.17, 15) is 4.79 Å². The quantitative estimate of drug-likeness (QED) is 0.897. The van der Waals surface area contributed by atoms with Crippen molar-refractivity contribution in [3.63, 3.8) is 0 Å². The Hall–Kier alpha value is -0.520. The van der Waals surface area contributed by atoms with Gasteiger partial charge in [-0.2, -0.15) is 0 Å². The Bertz CT molecular complexity index is 456. The van der Waals surface area contributed by atoms with Crippen molar-refractivity contribution in [3.05, 3.63) is 28.2 Å². The molecule has 0 aliphatic carbocycles. The van der Waals surface area contributed by atoms with Crippen LogP contribution in [0, 0.1) is 0 Å².